The summed E-state index contributed by atoms with van der Waals surface area (Å²) < 4.78 is 7.75. The van der Waals surface area contributed by atoms with Crippen molar-refractivity contribution in [1.82, 2.24) is 19.8 Å². The van der Waals surface area contributed by atoms with Crippen LogP contribution in [0.5, 0.6) is 6.01 Å². The Labute approximate surface area is 168 Å². The quantitative estimate of drug-likeness (QED) is 0.586. The SMILES string of the molecule is CC1(CN2CCCCC2NCc2ccc(Cl)cc2)Cn2cc([N+](=O)[O-])nc2O1. The normalized spacial score (nSPS) is 24.7. The Morgan fingerprint density at radius 1 is 1.39 bits per heavy atom. The molecule has 4 rings (SSSR count). The first-order valence-corrected chi connectivity index (χ1v) is 9.92. The zero-order chi connectivity index (χ0) is 19.7. The molecule has 8 nitrogen and oxygen atoms in total. The van der Waals surface area contributed by atoms with E-state index in [-0.39, 0.29) is 12.0 Å². The first kappa shape index (κ1) is 19.2. The van der Waals surface area contributed by atoms with Gasteiger partial charge in [-0.05, 0) is 55.4 Å². The number of halogens is 1. The summed E-state index contributed by atoms with van der Waals surface area (Å²) in [5, 5.41) is 15.3. The van der Waals surface area contributed by atoms with Gasteiger partial charge in [-0.3, -0.25) is 14.8 Å². The zero-order valence-corrected chi connectivity index (χ0v) is 16.6. The third kappa shape index (κ3) is 4.14. The van der Waals surface area contributed by atoms with Gasteiger partial charge in [0, 0.05) is 23.1 Å². The van der Waals surface area contributed by atoms with Crippen molar-refractivity contribution in [3.8, 4) is 6.01 Å². The van der Waals surface area contributed by atoms with Gasteiger partial charge in [-0.1, -0.05) is 23.7 Å². The van der Waals surface area contributed by atoms with Gasteiger partial charge in [0.2, 0.25) is 0 Å². The lowest BCUT2D eigenvalue weighted by molar-refractivity contribution is -0.389. The van der Waals surface area contributed by atoms with Gasteiger partial charge in [0.1, 0.15) is 11.8 Å². The number of benzene rings is 1. The van der Waals surface area contributed by atoms with Crippen molar-refractivity contribution in [3.63, 3.8) is 0 Å². The number of hydrogen-bond donors (Lipinski definition) is 1. The molecule has 2 atom stereocenters. The highest BCUT2D eigenvalue weighted by Gasteiger charge is 2.42. The van der Waals surface area contributed by atoms with Crippen LogP contribution in [0.2, 0.25) is 5.02 Å². The number of hydrogen-bond acceptors (Lipinski definition) is 6. The molecule has 1 N–H and O–H groups in total. The van der Waals surface area contributed by atoms with Crippen molar-refractivity contribution in [2.45, 2.75) is 51.0 Å². The molecule has 1 saturated heterocycles. The number of nitrogens with zero attached hydrogens (tertiary/aromatic N) is 4. The highest BCUT2D eigenvalue weighted by Crippen LogP contribution is 2.32. The number of imidazole rings is 1. The average Bonchev–Trinajstić information content (AvgIpc) is 3.17. The molecule has 0 bridgehead atoms. The van der Waals surface area contributed by atoms with E-state index in [9.17, 15) is 10.1 Å². The van der Waals surface area contributed by atoms with Gasteiger partial charge in [-0.2, -0.15) is 0 Å². The van der Waals surface area contributed by atoms with Gasteiger partial charge in [-0.15, -0.1) is 0 Å². The molecule has 1 fully saturated rings. The van der Waals surface area contributed by atoms with Crippen LogP contribution >= 0.6 is 11.6 Å². The van der Waals surface area contributed by atoms with Crippen LogP contribution in [0, 0.1) is 10.1 Å². The summed E-state index contributed by atoms with van der Waals surface area (Å²) >= 11 is 5.96. The third-order valence-corrected chi connectivity index (χ3v) is 5.62. The minimum atomic E-state index is -0.493. The second-order valence-electron chi connectivity index (χ2n) is 7.81. The van der Waals surface area contributed by atoms with E-state index in [0.29, 0.717) is 12.6 Å². The number of nitrogens with one attached hydrogen (secondary N) is 1. The maximum atomic E-state index is 10.9. The highest BCUT2D eigenvalue weighted by atomic mass is 35.5. The van der Waals surface area contributed by atoms with Crippen LogP contribution in [0.4, 0.5) is 5.82 Å². The summed E-state index contributed by atoms with van der Waals surface area (Å²) in [7, 11) is 0. The fraction of sp³-hybridized carbons (Fsp3) is 0.526. The molecule has 0 spiro atoms. The summed E-state index contributed by atoms with van der Waals surface area (Å²) in [4.78, 5) is 16.8. The molecule has 28 heavy (non-hydrogen) atoms. The van der Waals surface area contributed by atoms with Crippen molar-refractivity contribution in [2.24, 2.45) is 0 Å². The van der Waals surface area contributed by atoms with E-state index in [4.69, 9.17) is 16.3 Å². The van der Waals surface area contributed by atoms with Gasteiger partial charge in [0.05, 0.1) is 12.7 Å². The molecule has 2 unspecified atom stereocenters. The van der Waals surface area contributed by atoms with E-state index in [2.05, 4.69) is 15.2 Å². The molecule has 1 aromatic carbocycles. The van der Waals surface area contributed by atoms with E-state index in [0.717, 1.165) is 37.5 Å². The Bertz CT molecular complexity index is 830. The molecule has 2 aromatic rings. The van der Waals surface area contributed by atoms with E-state index in [1.807, 2.05) is 31.2 Å². The standard InChI is InChI=1S/C19H24ClN5O3/c1-19(13-24-11-17(25(26)27)22-18(24)28-19)12-23-9-3-2-4-16(23)21-10-14-5-7-15(20)8-6-14/h5-8,11,16,21H,2-4,9-10,12-13H2,1H3. The first-order chi connectivity index (χ1) is 13.4. The predicted molar refractivity (Wildman–Crippen MR) is 105 cm³/mol. The molecule has 9 heteroatoms. The van der Waals surface area contributed by atoms with Gasteiger partial charge in [-0.25, -0.2) is 0 Å². The van der Waals surface area contributed by atoms with Crippen LogP contribution in [0.1, 0.15) is 31.7 Å². The molecule has 2 aliphatic rings. The Hall–Kier alpha value is -2.16. The smallest absolute Gasteiger partial charge is 0.415 e. The Balaban J connectivity index is 1.38. The van der Waals surface area contributed by atoms with Crippen LogP contribution in [-0.4, -0.2) is 44.2 Å². The van der Waals surface area contributed by atoms with E-state index in [1.165, 1.54) is 18.2 Å². The number of ether oxygens (including phenoxy) is 1. The molecule has 0 saturated carbocycles. The summed E-state index contributed by atoms with van der Waals surface area (Å²) in [6, 6.07) is 8.22. The Kier molecular flexibility index (Phi) is 5.27. The van der Waals surface area contributed by atoms with Crippen LogP contribution < -0.4 is 10.1 Å². The number of aromatic nitrogens is 2. The number of rotatable bonds is 6. The minimum Gasteiger partial charge on any atom is -0.436 e. The summed E-state index contributed by atoms with van der Waals surface area (Å²) in [6.07, 6.45) is 5.16. The van der Waals surface area contributed by atoms with E-state index >= 15 is 0 Å². The molecule has 0 radical (unpaired) electrons. The van der Waals surface area contributed by atoms with E-state index in [1.54, 1.807) is 4.57 Å². The summed E-state index contributed by atoms with van der Waals surface area (Å²) in [5.74, 6) is -0.169. The zero-order valence-electron chi connectivity index (χ0n) is 15.8. The molecule has 1 aromatic heterocycles. The molecular weight excluding hydrogens is 382 g/mol. The summed E-state index contributed by atoms with van der Waals surface area (Å²) in [5.41, 5.74) is 0.750. The van der Waals surface area contributed by atoms with Crippen LogP contribution in [0.15, 0.2) is 30.5 Å². The molecular formula is C19H24ClN5O3. The predicted octanol–water partition coefficient (Wildman–Crippen LogP) is 3.20. The Morgan fingerprint density at radius 3 is 2.89 bits per heavy atom. The molecule has 150 valence electrons. The molecule has 0 amide bonds. The average molecular weight is 406 g/mol. The van der Waals surface area contributed by atoms with Gasteiger partial charge in [0.25, 0.3) is 0 Å². The van der Waals surface area contributed by atoms with Crippen molar-refractivity contribution in [2.75, 3.05) is 13.1 Å². The summed E-state index contributed by atoms with van der Waals surface area (Å²) in [6.45, 7) is 5.12. The lowest BCUT2D eigenvalue weighted by atomic mass is 10.0. The molecule has 3 heterocycles. The number of piperidine rings is 1. The van der Waals surface area contributed by atoms with E-state index < -0.39 is 10.5 Å². The number of fused-ring (bicyclic) bond motifs is 1. The molecule has 2 aliphatic heterocycles. The Morgan fingerprint density at radius 2 is 2.18 bits per heavy atom. The largest absolute Gasteiger partial charge is 0.436 e. The maximum Gasteiger partial charge on any atom is 0.415 e. The van der Waals surface area contributed by atoms with Gasteiger partial charge < -0.3 is 14.9 Å². The van der Waals surface area contributed by atoms with Gasteiger partial charge in [0.15, 0.2) is 0 Å². The second kappa shape index (κ2) is 7.69. The van der Waals surface area contributed by atoms with Crippen molar-refractivity contribution < 1.29 is 9.66 Å². The fourth-order valence-corrected chi connectivity index (χ4v) is 4.17. The monoisotopic (exact) mass is 405 g/mol. The second-order valence-corrected chi connectivity index (χ2v) is 8.24. The van der Waals surface area contributed by atoms with Crippen molar-refractivity contribution >= 4 is 17.4 Å². The highest BCUT2D eigenvalue weighted by molar-refractivity contribution is 6.30. The topological polar surface area (TPSA) is 85.5 Å². The minimum absolute atomic E-state index is 0.169. The van der Waals surface area contributed by atoms with Gasteiger partial charge >= 0.3 is 11.8 Å². The number of likely N-dealkylation sites (tertiary alicyclic amines) is 1. The number of nitro groups is 1. The maximum absolute atomic E-state index is 10.9. The lowest BCUT2D eigenvalue weighted by Crippen LogP contribution is -2.55. The van der Waals surface area contributed by atoms with Crippen LogP contribution in [-0.2, 0) is 13.1 Å². The van der Waals surface area contributed by atoms with Crippen LogP contribution in [0.25, 0.3) is 0 Å². The van der Waals surface area contributed by atoms with Crippen molar-refractivity contribution in [1.29, 1.82) is 0 Å². The fourth-order valence-electron chi connectivity index (χ4n) is 4.04. The molecule has 0 aliphatic carbocycles. The first-order valence-electron chi connectivity index (χ1n) is 9.54. The lowest BCUT2D eigenvalue weighted by Gasteiger charge is -2.40. The van der Waals surface area contributed by atoms with Crippen LogP contribution in [0.3, 0.4) is 0 Å². The van der Waals surface area contributed by atoms with Crippen molar-refractivity contribution in [3.05, 3.63) is 51.2 Å². The third-order valence-electron chi connectivity index (χ3n) is 5.36.